The molecular formula is C47H46N6O7. The Morgan fingerprint density at radius 2 is 1.42 bits per heavy atom. The number of hydrogen-bond acceptors (Lipinski definition) is 9. The summed E-state index contributed by atoms with van der Waals surface area (Å²) in [4.78, 5) is 42.1. The average molecular weight is 807 g/mol. The molecule has 1 unspecified atom stereocenters. The minimum absolute atomic E-state index is 0.104. The van der Waals surface area contributed by atoms with Crippen LogP contribution in [0, 0.1) is 5.92 Å². The summed E-state index contributed by atoms with van der Waals surface area (Å²) in [5.41, 5.74) is 3.14. The zero-order chi connectivity index (χ0) is 42.2. The molecule has 0 radical (unpaired) electrons. The summed E-state index contributed by atoms with van der Waals surface area (Å²) in [5, 5.41) is 36.9. The number of allylic oxidation sites excluding steroid dienone is 1. The number of nitrogens with one attached hydrogen (secondary N) is 2. The first-order valence-corrected chi connectivity index (χ1v) is 19.5. The maximum Gasteiger partial charge on any atom is 0.264 e. The van der Waals surface area contributed by atoms with E-state index in [-0.39, 0.29) is 30.9 Å². The molecule has 6 aromatic rings. The fraction of sp³-hybridized carbons (Fsp3) is 0.213. The molecule has 1 aliphatic heterocycles. The number of aromatic nitrogens is 3. The van der Waals surface area contributed by atoms with Gasteiger partial charge in [0.25, 0.3) is 17.7 Å². The van der Waals surface area contributed by atoms with Crippen LogP contribution in [0.3, 0.4) is 0 Å². The molecule has 0 bridgehead atoms. The van der Waals surface area contributed by atoms with Crippen LogP contribution in [0.1, 0.15) is 62.4 Å². The topological polar surface area (TPSA) is 168 Å². The van der Waals surface area contributed by atoms with Crippen LogP contribution in [-0.4, -0.2) is 63.8 Å². The Hall–Kier alpha value is -7.09. The zero-order valence-corrected chi connectivity index (χ0v) is 33.5. The van der Waals surface area contributed by atoms with Crippen LogP contribution in [0.5, 0.6) is 11.5 Å². The summed E-state index contributed by atoms with van der Waals surface area (Å²) in [5.74, 6) is -0.860. The maximum absolute atomic E-state index is 14.5. The van der Waals surface area contributed by atoms with Crippen LogP contribution in [0.25, 0.3) is 0 Å². The second-order valence-corrected chi connectivity index (χ2v) is 14.5. The molecule has 60 heavy (non-hydrogen) atoms. The van der Waals surface area contributed by atoms with E-state index in [1.807, 2.05) is 60.8 Å². The lowest BCUT2D eigenvalue weighted by atomic mass is 9.82. The van der Waals surface area contributed by atoms with E-state index in [2.05, 4.69) is 20.9 Å². The van der Waals surface area contributed by atoms with Crippen molar-refractivity contribution in [3.8, 4) is 11.5 Å². The highest BCUT2D eigenvalue weighted by Gasteiger charge is 2.52. The predicted octanol–water partition coefficient (Wildman–Crippen LogP) is 6.94. The Morgan fingerprint density at radius 1 is 0.817 bits per heavy atom. The first kappa shape index (κ1) is 41.1. The number of ether oxygens (including phenoxy) is 2. The van der Waals surface area contributed by atoms with Crippen LogP contribution in [0.15, 0.2) is 140 Å². The fourth-order valence-electron chi connectivity index (χ4n) is 7.23. The van der Waals surface area contributed by atoms with Crippen LogP contribution < -0.4 is 25.0 Å². The number of methoxy groups -OCH3 is 2. The maximum atomic E-state index is 14.5. The van der Waals surface area contributed by atoms with Crippen molar-refractivity contribution in [3.63, 3.8) is 0 Å². The first-order valence-electron chi connectivity index (χ1n) is 19.5. The molecule has 1 aliphatic rings. The zero-order valence-electron chi connectivity index (χ0n) is 33.5. The van der Waals surface area contributed by atoms with Crippen molar-refractivity contribution in [2.24, 2.45) is 5.92 Å². The van der Waals surface area contributed by atoms with E-state index < -0.39 is 17.4 Å². The highest BCUT2D eigenvalue weighted by molar-refractivity contribution is 6.09. The van der Waals surface area contributed by atoms with Crippen molar-refractivity contribution in [1.29, 1.82) is 0 Å². The number of amides is 3. The molecule has 1 aromatic heterocycles. The van der Waals surface area contributed by atoms with Gasteiger partial charge >= 0.3 is 0 Å². The molecule has 5 aromatic carbocycles. The first-order chi connectivity index (χ1) is 29.1. The molecule has 0 aliphatic carbocycles. The van der Waals surface area contributed by atoms with Crippen molar-refractivity contribution in [1.82, 2.24) is 15.0 Å². The van der Waals surface area contributed by atoms with Gasteiger partial charge in [-0.2, -0.15) is 0 Å². The van der Waals surface area contributed by atoms with E-state index in [0.717, 1.165) is 11.1 Å². The van der Waals surface area contributed by atoms with Gasteiger partial charge in [0, 0.05) is 46.7 Å². The smallest absolute Gasteiger partial charge is 0.264 e. The largest absolute Gasteiger partial charge is 0.497 e. The van der Waals surface area contributed by atoms with Crippen molar-refractivity contribution in [2.75, 3.05) is 36.4 Å². The Morgan fingerprint density at radius 3 is 2.02 bits per heavy atom. The van der Waals surface area contributed by atoms with Gasteiger partial charge in [0.1, 0.15) is 11.5 Å². The van der Waals surface area contributed by atoms with Crippen LogP contribution in [0.2, 0.25) is 0 Å². The molecule has 13 nitrogen and oxygen atoms in total. The summed E-state index contributed by atoms with van der Waals surface area (Å²) in [6.45, 7) is 2.30. The van der Waals surface area contributed by atoms with E-state index in [0.29, 0.717) is 63.9 Å². The lowest BCUT2D eigenvalue weighted by Gasteiger charge is -2.28. The summed E-state index contributed by atoms with van der Waals surface area (Å²) >= 11 is 0. The number of hydrogen-bond donors (Lipinski definition) is 4. The van der Waals surface area contributed by atoms with E-state index in [1.54, 1.807) is 110 Å². The van der Waals surface area contributed by atoms with E-state index in [1.165, 1.54) is 0 Å². The van der Waals surface area contributed by atoms with Gasteiger partial charge in [0.05, 0.1) is 44.7 Å². The SMILES string of the molecule is COc1ccc(C(=O)Nc2ccc(CN3C(=O)[C@](O)([C@H](C)/C=C/CCn4cc(C(CO)c5ccccc5)nn4)c4cc(NC(=O)c5ccc(OC)cc5)ccc43)cc2)cc1. The Bertz CT molecular complexity index is 2470. The lowest BCUT2D eigenvalue weighted by Crippen LogP contribution is -2.44. The highest BCUT2D eigenvalue weighted by atomic mass is 16.5. The number of nitrogens with zero attached hydrogens (tertiary/aromatic N) is 4. The molecule has 0 saturated heterocycles. The van der Waals surface area contributed by atoms with Gasteiger partial charge in [-0.1, -0.05) is 66.8 Å². The third-order valence-electron chi connectivity index (χ3n) is 10.7. The normalized spacial score (nSPS) is 15.7. The van der Waals surface area contributed by atoms with Gasteiger partial charge < -0.3 is 35.2 Å². The Kier molecular flexibility index (Phi) is 12.5. The van der Waals surface area contributed by atoms with E-state index in [4.69, 9.17) is 9.47 Å². The van der Waals surface area contributed by atoms with Crippen LogP contribution in [-0.2, 0) is 23.5 Å². The molecule has 3 atom stereocenters. The summed E-state index contributed by atoms with van der Waals surface area (Å²) < 4.78 is 12.1. The van der Waals surface area contributed by atoms with Crippen molar-refractivity contribution in [2.45, 2.75) is 38.0 Å². The van der Waals surface area contributed by atoms with Crippen molar-refractivity contribution < 1.29 is 34.1 Å². The number of anilines is 3. The summed E-state index contributed by atoms with van der Waals surface area (Å²) in [6.07, 6.45) is 6.06. The number of aliphatic hydroxyl groups is 2. The molecule has 7 rings (SSSR count). The molecule has 3 amide bonds. The monoisotopic (exact) mass is 806 g/mol. The fourth-order valence-corrected chi connectivity index (χ4v) is 7.23. The molecule has 306 valence electrons. The highest BCUT2D eigenvalue weighted by Crippen LogP contribution is 2.47. The number of fused-ring (bicyclic) bond motifs is 1. The average Bonchev–Trinajstić information content (AvgIpc) is 3.83. The minimum Gasteiger partial charge on any atom is -0.497 e. The second-order valence-electron chi connectivity index (χ2n) is 14.5. The van der Waals surface area contributed by atoms with Gasteiger partial charge in [-0.15, -0.1) is 5.10 Å². The predicted molar refractivity (Wildman–Crippen MR) is 228 cm³/mol. The van der Waals surface area contributed by atoms with Crippen LogP contribution in [0.4, 0.5) is 17.1 Å². The standard InChI is InChI=1S/C47H46N6O7/c1-31(9-7-8-26-52-29-42(50-51-52)40(30-54)33-10-5-4-6-11-33)47(58)41-27-37(49-45(56)35-16-23-39(60-3)24-17-35)20-25-43(41)53(46(47)57)28-32-12-18-36(19-13-32)48-44(55)34-14-21-38(59-2)22-15-34/h4-7,9-25,27,29,31,40,54,58H,8,26,28,30H2,1-3H3,(H,48,55)(H,49,56)/b9-7+/t31-,40?,47+/m1/s1. The molecule has 0 spiro atoms. The van der Waals surface area contributed by atoms with Gasteiger partial charge in [-0.25, -0.2) is 0 Å². The molecule has 0 saturated carbocycles. The third kappa shape index (κ3) is 8.82. The molecular weight excluding hydrogens is 761 g/mol. The third-order valence-corrected chi connectivity index (χ3v) is 10.7. The molecule has 0 fully saturated rings. The Labute approximate surface area is 347 Å². The number of aliphatic hydroxyl groups excluding tert-OH is 1. The molecule has 2 heterocycles. The second kappa shape index (κ2) is 18.2. The molecule has 13 heteroatoms. The number of carbonyl (C=O) groups excluding carboxylic acids is 3. The number of carbonyl (C=O) groups is 3. The van der Waals surface area contributed by atoms with E-state index >= 15 is 0 Å². The van der Waals surface area contributed by atoms with Crippen molar-refractivity contribution in [3.05, 3.63) is 173 Å². The number of rotatable bonds is 16. The van der Waals surface area contributed by atoms with Gasteiger partial charge in [0.15, 0.2) is 5.60 Å². The number of aryl methyl sites for hydroxylation is 1. The van der Waals surface area contributed by atoms with Gasteiger partial charge in [-0.3, -0.25) is 19.1 Å². The Balaban J connectivity index is 1.09. The van der Waals surface area contributed by atoms with Gasteiger partial charge in [-0.05, 0) is 96.4 Å². The summed E-state index contributed by atoms with van der Waals surface area (Å²) in [7, 11) is 3.11. The van der Waals surface area contributed by atoms with Crippen LogP contribution >= 0.6 is 0 Å². The lowest BCUT2D eigenvalue weighted by molar-refractivity contribution is -0.139. The van der Waals surface area contributed by atoms with E-state index in [9.17, 15) is 24.6 Å². The number of benzene rings is 5. The van der Waals surface area contributed by atoms with Crippen molar-refractivity contribution >= 4 is 34.8 Å². The molecule has 4 N–H and O–H groups in total. The quantitative estimate of drug-likeness (QED) is 0.0758. The van der Waals surface area contributed by atoms with Gasteiger partial charge in [0.2, 0.25) is 0 Å². The minimum atomic E-state index is -1.97. The summed E-state index contributed by atoms with van der Waals surface area (Å²) in [6, 6.07) is 35.4.